The Morgan fingerprint density at radius 1 is 1.64 bits per heavy atom. The van der Waals surface area contributed by atoms with Crippen molar-refractivity contribution in [1.82, 2.24) is 0 Å². The zero-order valence-corrected chi connectivity index (χ0v) is 6.05. The van der Waals surface area contributed by atoms with Crippen molar-refractivity contribution < 1.29 is 27.6 Å². The molecule has 0 saturated carbocycles. The minimum absolute atomic E-state index is 0.0266. The lowest BCUT2D eigenvalue weighted by molar-refractivity contribution is -0.116. The van der Waals surface area contributed by atoms with E-state index in [0.717, 1.165) is 0 Å². The van der Waals surface area contributed by atoms with Gasteiger partial charge in [-0.2, -0.15) is 8.78 Å². The minimum atomic E-state index is -2.90. The van der Waals surface area contributed by atoms with E-state index in [1.165, 1.54) is 0 Å². The van der Waals surface area contributed by atoms with E-state index in [2.05, 4.69) is 4.52 Å². The van der Waals surface area contributed by atoms with Crippen LogP contribution < -0.4 is 0 Å². The van der Waals surface area contributed by atoms with Crippen LogP contribution in [0.2, 0.25) is 0 Å². The Morgan fingerprint density at radius 3 is 2.55 bits per heavy atom. The lowest BCUT2D eigenvalue weighted by atomic mass is 10.4. The maximum Gasteiger partial charge on any atom is 0.695 e. The molecule has 0 aliphatic carbocycles. The van der Waals surface area contributed by atoms with Crippen LogP contribution >= 0.6 is 8.25 Å². The molecule has 1 atom stereocenters. The zero-order chi connectivity index (χ0) is 8.85. The Kier molecular flexibility index (Phi) is 4.69. The topological polar surface area (TPSA) is 63.6 Å². The van der Waals surface area contributed by atoms with Gasteiger partial charge < -0.3 is 0 Å². The summed E-state index contributed by atoms with van der Waals surface area (Å²) in [7, 11) is -2.90. The molecule has 0 aromatic heterocycles. The molecule has 0 heterocycles. The second-order valence-corrected chi connectivity index (χ2v) is 2.15. The summed E-state index contributed by atoms with van der Waals surface area (Å²) in [6.45, 7) is -0.816. The number of hydrogen-bond acceptors (Lipinski definition) is 3. The molecule has 0 aliphatic heterocycles. The van der Waals surface area contributed by atoms with Gasteiger partial charge in [-0.15, -0.1) is 9.42 Å². The van der Waals surface area contributed by atoms with Gasteiger partial charge in [0.05, 0.1) is 0 Å². The molecule has 0 saturated heterocycles. The van der Waals surface area contributed by atoms with Crippen molar-refractivity contribution in [2.75, 3.05) is 6.61 Å². The van der Waals surface area contributed by atoms with Crippen LogP contribution in [0.4, 0.5) is 8.78 Å². The fourth-order valence-corrected chi connectivity index (χ4v) is 0.520. The predicted molar refractivity (Wildman–Crippen MR) is 31.1 cm³/mol. The van der Waals surface area contributed by atoms with Crippen LogP contribution in [0.1, 0.15) is 0 Å². The van der Waals surface area contributed by atoms with Crippen molar-refractivity contribution in [2.45, 2.75) is 0 Å². The van der Waals surface area contributed by atoms with E-state index in [1.807, 2.05) is 0 Å². The average molecular weight is 185 g/mol. The van der Waals surface area contributed by atoms with Crippen LogP contribution in [0, 0.1) is 0 Å². The van der Waals surface area contributed by atoms with Gasteiger partial charge >= 0.3 is 8.25 Å². The first kappa shape index (κ1) is 10.3. The third kappa shape index (κ3) is 7.18. The molecule has 0 aromatic rings. The van der Waals surface area contributed by atoms with Crippen LogP contribution in [-0.2, 0) is 13.9 Å². The molecule has 0 bridgehead atoms. The molecule has 11 heavy (non-hydrogen) atoms. The fraction of sp³-hybridized carbons (Fsp3) is 0.250. The molecule has 0 rings (SSSR count). The first-order chi connectivity index (χ1) is 5.02. The van der Waals surface area contributed by atoms with Gasteiger partial charge in [0, 0.05) is 10.6 Å². The van der Waals surface area contributed by atoms with E-state index >= 15 is 0 Å². The second-order valence-electron chi connectivity index (χ2n) is 1.41. The monoisotopic (exact) mass is 185 g/mol. The summed E-state index contributed by atoms with van der Waals surface area (Å²) in [6.07, 6.45) is -2.13. The molecule has 62 valence electrons. The molecule has 0 radical (unpaired) electrons. The molecule has 4 nitrogen and oxygen atoms in total. The molecule has 0 aromatic carbocycles. The van der Waals surface area contributed by atoms with Crippen LogP contribution in [0.25, 0.3) is 0 Å². The van der Waals surface area contributed by atoms with Crippen molar-refractivity contribution in [3.05, 3.63) is 12.2 Å². The Hall–Kier alpha value is -0.710. The molecule has 0 amide bonds. The summed E-state index contributed by atoms with van der Waals surface area (Å²) in [5.41, 5.74) is 0. The smallest absolute Gasteiger partial charge is 0.292 e. The number of hydrogen-bond donors (Lipinski definition) is 1. The number of rotatable bonds is 4. The maximum atomic E-state index is 11.3. The van der Waals surface area contributed by atoms with Gasteiger partial charge in [-0.1, -0.05) is 0 Å². The quantitative estimate of drug-likeness (QED) is 0.524. The van der Waals surface area contributed by atoms with Crippen LogP contribution in [0.5, 0.6) is 0 Å². The normalized spacial score (nSPS) is 10.6. The van der Waals surface area contributed by atoms with Gasteiger partial charge in [0.25, 0.3) is 6.08 Å². The molecule has 0 aliphatic rings. The third-order valence-corrected chi connectivity index (χ3v) is 0.937. The first-order valence-corrected chi connectivity index (χ1v) is 3.50. The number of carbonyl (C=O) groups is 1. The fourth-order valence-electron chi connectivity index (χ4n) is 0.282. The minimum Gasteiger partial charge on any atom is -0.292 e. The summed E-state index contributed by atoms with van der Waals surface area (Å²) in [6, 6.07) is 0. The van der Waals surface area contributed by atoms with Crippen molar-refractivity contribution in [1.29, 1.82) is 0 Å². The summed E-state index contributed by atoms with van der Waals surface area (Å²) in [5.74, 6) is -1.05. The van der Waals surface area contributed by atoms with E-state index in [0.29, 0.717) is 0 Å². The summed E-state index contributed by atoms with van der Waals surface area (Å²) < 4.78 is 36.1. The van der Waals surface area contributed by atoms with E-state index < -0.39 is 26.7 Å². The van der Waals surface area contributed by atoms with Gasteiger partial charge in [0.2, 0.25) is 0 Å². The average Bonchev–Trinajstić information content (AvgIpc) is 1.82. The number of halogens is 2. The molecule has 1 N–H and O–H groups in total. The first-order valence-electron chi connectivity index (χ1n) is 2.37. The van der Waals surface area contributed by atoms with Gasteiger partial charge in [0.15, 0.2) is 12.4 Å². The zero-order valence-electron chi connectivity index (χ0n) is 5.16. The van der Waals surface area contributed by atoms with Crippen molar-refractivity contribution in [2.24, 2.45) is 0 Å². The molecule has 0 fully saturated rings. The highest BCUT2D eigenvalue weighted by Crippen LogP contribution is 2.13. The Labute approximate surface area is 61.4 Å². The number of ketones is 1. The Balaban J connectivity index is 3.71. The molecule has 0 spiro atoms. The van der Waals surface area contributed by atoms with Gasteiger partial charge in [-0.25, -0.2) is 0 Å². The highest BCUT2D eigenvalue weighted by molar-refractivity contribution is 7.32. The lowest BCUT2D eigenvalue weighted by Crippen LogP contribution is -2.01. The van der Waals surface area contributed by atoms with Gasteiger partial charge in [-0.05, 0) is 0 Å². The third-order valence-electron chi connectivity index (χ3n) is 0.587. The SMILES string of the molecule is O=C(C=C(F)F)CO[P+](=O)O. The Morgan fingerprint density at radius 2 is 2.18 bits per heavy atom. The van der Waals surface area contributed by atoms with Gasteiger partial charge in [-0.3, -0.25) is 4.79 Å². The summed E-state index contributed by atoms with van der Waals surface area (Å²) in [4.78, 5) is 18.2. The van der Waals surface area contributed by atoms with E-state index in [-0.39, 0.29) is 6.08 Å². The van der Waals surface area contributed by atoms with E-state index in [4.69, 9.17) is 4.89 Å². The van der Waals surface area contributed by atoms with Crippen molar-refractivity contribution >= 4 is 14.0 Å². The highest BCUT2D eigenvalue weighted by atomic mass is 31.1. The molecular formula is C4H4F2O4P+. The van der Waals surface area contributed by atoms with Crippen molar-refractivity contribution in [3.63, 3.8) is 0 Å². The second kappa shape index (κ2) is 5.01. The molecule has 7 heteroatoms. The maximum absolute atomic E-state index is 11.3. The summed E-state index contributed by atoms with van der Waals surface area (Å²) >= 11 is 0. The predicted octanol–water partition coefficient (Wildman–Crippen LogP) is 1.00. The largest absolute Gasteiger partial charge is 0.695 e. The number of carbonyl (C=O) groups excluding carboxylic acids is 1. The van der Waals surface area contributed by atoms with Crippen LogP contribution in [-0.4, -0.2) is 17.3 Å². The molecule has 1 unspecified atom stereocenters. The summed E-state index contributed by atoms with van der Waals surface area (Å²) in [5, 5.41) is 0. The standard InChI is InChI=1S/C4H3F2O4P/c5-4(6)1-3(7)2-10-11(8)9/h1H,2H2/p+1. The molecular weight excluding hydrogens is 181 g/mol. The highest BCUT2D eigenvalue weighted by Gasteiger charge is 2.14. The van der Waals surface area contributed by atoms with Crippen LogP contribution in [0.3, 0.4) is 0 Å². The van der Waals surface area contributed by atoms with Crippen molar-refractivity contribution in [3.8, 4) is 0 Å². The van der Waals surface area contributed by atoms with E-state index in [9.17, 15) is 18.1 Å². The Bertz CT molecular complexity index is 198. The lowest BCUT2D eigenvalue weighted by Gasteiger charge is -1.82. The van der Waals surface area contributed by atoms with E-state index in [1.54, 1.807) is 0 Å². The van der Waals surface area contributed by atoms with Gasteiger partial charge in [0.1, 0.15) is 0 Å². The van der Waals surface area contributed by atoms with Crippen LogP contribution in [0.15, 0.2) is 12.2 Å².